The average molecular weight is 456 g/mol. The fourth-order valence-electron chi connectivity index (χ4n) is 4.99. The molecule has 1 N–H and O–H groups in total. The van der Waals surface area contributed by atoms with Crippen molar-refractivity contribution in [3.8, 4) is 5.75 Å². The van der Waals surface area contributed by atoms with E-state index in [0.717, 1.165) is 38.8 Å². The molecule has 1 amide bonds. The number of likely N-dealkylation sites (tertiary alicyclic amines) is 1. The van der Waals surface area contributed by atoms with Crippen LogP contribution in [0.4, 0.5) is 18.9 Å². The summed E-state index contributed by atoms with van der Waals surface area (Å²) in [7, 11) is 0. The van der Waals surface area contributed by atoms with Crippen molar-refractivity contribution in [1.29, 1.82) is 0 Å². The molecule has 0 aromatic heterocycles. The van der Waals surface area contributed by atoms with Gasteiger partial charge < -0.3 is 24.5 Å². The smallest absolute Gasteiger partial charge is 0.406 e. The maximum atomic E-state index is 12.8. The quantitative estimate of drug-likeness (QED) is 0.714. The Bertz CT molecular complexity index is 815. The Labute approximate surface area is 186 Å². The molecule has 2 atom stereocenters. The van der Waals surface area contributed by atoms with Gasteiger partial charge in [0.2, 0.25) is 5.91 Å². The zero-order valence-electron chi connectivity index (χ0n) is 18.5. The van der Waals surface area contributed by atoms with Gasteiger partial charge in [-0.05, 0) is 56.7 Å². The van der Waals surface area contributed by atoms with Crippen molar-refractivity contribution in [3.63, 3.8) is 0 Å². The summed E-state index contributed by atoms with van der Waals surface area (Å²) in [5.74, 6) is -0.189. The normalized spacial score (nSPS) is 25.0. The molecule has 6 nitrogen and oxygen atoms in total. The molecule has 0 bridgehead atoms. The highest BCUT2D eigenvalue weighted by molar-refractivity contribution is 5.78. The first kappa shape index (κ1) is 23.2. The Hall–Kier alpha value is -2.00. The first-order valence-electron chi connectivity index (χ1n) is 11.5. The van der Waals surface area contributed by atoms with Crippen molar-refractivity contribution in [2.75, 3.05) is 44.2 Å². The fraction of sp³-hybridized carbons (Fsp3) is 0.696. The molecule has 4 rings (SSSR count). The fourth-order valence-corrected chi connectivity index (χ4v) is 4.99. The van der Waals surface area contributed by atoms with Gasteiger partial charge in [0.05, 0.1) is 6.10 Å². The molecular formula is C23H32F3N3O3. The molecule has 1 saturated carbocycles. The molecule has 178 valence electrons. The Kier molecular flexibility index (Phi) is 6.58. The van der Waals surface area contributed by atoms with E-state index < -0.39 is 6.36 Å². The van der Waals surface area contributed by atoms with Gasteiger partial charge in [-0.1, -0.05) is 6.07 Å². The van der Waals surface area contributed by atoms with Crippen LogP contribution in [0.1, 0.15) is 39.0 Å². The number of aliphatic hydroxyl groups is 1. The highest BCUT2D eigenvalue weighted by Gasteiger charge is 2.51. The van der Waals surface area contributed by atoms with Crippen LogP contribution in [0, 0.1) is 5.41 Å². The number of amides is 1. The highest BCUT2D eigenvalue weighted by atomic mass is 19.4. The van der Waals surface area contributed by atoms with Gasteiger partial charge in [-0.25, -0.2) is 0 Å². The van der Waals surface area contributed by atoms with Crippen molar-refractivity contribution in [2.24, 2.45) is 5.41 Å². The minimum Gasteiger partial charge on any atom is -0.406 e. The van der Waals surface area contributed by atoms with Gasteiger partial charge in [0.25, 0.3) is 0 Å². The molecule has 1 aliphatic carbocycles. The predicted octanol–water partition coefficient (Wildman–Crippen LogP) is 3.25. The Morgan fingerprint density at radius 2 is 1.97 bits per heavy atom. The lowest BCUT2D eigenvalue weighted by Crippen LogP contribution is -2.47. The van der Waals surface area contributed by atoms with E-state index in [0.29, 0.717) is 38.3 Å². The van der Waals surface area contributed by atoms with Crippen molar-refractivity contribution in [1.82, 2.24) is 9.80 Å². The molecule has 2 heterocycles. The molecule has 3 aliphatic rings. The monoisotopic (exact) mass is 455 g/mol. The summed E-state index contributed by atoms with van der Waals surface area (Å²) >= 11 is 0. The number of carbonyl (C=O) groups is 1. The Balaban J connectivity index is 1.30. The third kappa shape index (κ3) is 5.49. The topological polar surface area (TPSA) is 56.3 Å². The van der Waals surface area contributed by atoms with Gasteiger partial charge in [-0.15, -0.1) is 13.2 Å². The molecule has 0 radical (unpaired) electrons. The number of ether oxygens (including phenoxy) is 1. The number of nitrogens with zero attached hydrogens (tertiary/aromatic N) is 3. The van der Waals surface area contributed by atoms with Crippen molar-refractivity contribution in [2.45, 2.75) is 57.5 Å². The van der Waals surface area contributed by atoms with Crippen molar-refractivity contribution >= 4 is 11.6 Å². The Morgan fingerprint density at radius 1 is 1.19 bits per heavy atom. The maximum Gasteiger partial charge on any atom is 0.573 e. The van der Waals surface area contributed by atoms with Gasteiger partial charge in [0, 0.05) is 56.9 Å². The summed E-state index contributed by atoms with van der Waals surface area (Å²) in [5, 5.41) is 10.4. The summed E-state index contributed by atoms with van der Waals surface area (Å²) in [4.78, 5) is 18.9. The highest BCUT2D eigenvalue weighted by Crippen LogP contribution is 2.53. The number of hydrogen-bond acceptors (Lipinski definition) is 5. The third-order valence-corrected chi connectivity index (χ3v) is 7.29. The number of hydrogen-bond donors (Lipinski definition) is 1. The molecule has 9 heteroatoms. The number of anilines is 1. The van der Waals surface area contributed by atoms with Gasteiger partial charge in [-0.3, -0.25) is 4.79 Å². The van der Waals surface area contributed by atoms with E-state index in [1.807, 2.05) is 16.7 Å². The van der Waals surface area contributed by atoms with Crippen LogP contribution in [0.15, 0.2) is 24.3 Å². The van der Waals surface area contributed by atoms with Crippen LogP contribution in [-0.2, 0) is 4.79 Å². The second-order valence-electron chi connectivity index (χ2n) is 9.44. The van der Waals surface area contributed by atoms with Gasteiger partial charge >= 0.3 is 6.36 Å². The van der Waals surface area contributed by atoms with E-state index >= 15 is 0 Å². The van der Waals surface area contributed by atoms with E-state index in [4.69, 9.17) is 0 Å². The van der Waals surface area contributed by atoms with E-state index in [2.05, 4.69) is 9.64 Å². The first-order chi connectivity index (χ1) is 15.2. The van der Waals surface area contributed by atoms with Gasteiger partial charge in [0.15, 0.2) is 0 Å². The number of alkyl halides is 3. The number of rotatable bonds is 6. The van der Waals surface area contributed by atoms with Crippen LogP contribution >= 0.6 is 0 Å². The number of β-amino-alcohol motifs (C(OH)–C–C–N with tert-alkyl or cyclic N) is 1. The average Bonchev–Trinajstić information content (AvgIpc) is 3.53. The number of carbonyl (C=O) groups excluding carboxylic acids is 1. The summed E-state index contributed by atoms with van der Waals surface area (Å²) < 4.78 is 41.6. The van der Waals surface area contributed by atoms with Gasteiger partial charge in [0.1, 0.15) is 5.75 Å². The summed E-state index contributed by atoms with van der Waals surface area (Å²) in [5.41, 5.74) is 0.805. The van der Waals surface area contributed by atoms with Crippen LogP contribution in [0.3, 0.4) is 0 Å². The molecule has 2 aliphatic heterocycles. The van der Waals surface area contributed by atoms with Crippen LogP contribution in [0.25, 0.3) is 0 Å². The number of benzene rings is 1. The van der Waals surface area contributed by atoms with E-state index in [1.54, 1.807) is 6.07 Å². The number of piperidine rings is 1. The van der Waals surface area contributed by atoms with Crippen LogP contribution in [0.5, 0.6) is 5.75 Å². The van der Waals surface area contributed by atoms with Crippen LogP contribution in [-0.4, -0.2) is 78.6 Å². The van der Waals surface area contributed by atoms with Crippen LogP contribution in [0.2, 0.25) is 0 Å². The molecule has 3 fully saturated rings. The Morgan fingerprint density at radius 3 is 2.66 bits per heavy atom. The molecule has 32 heavy (non-hydrogen) atoms. The molecule has 1 spiro atoms. The second-order valence-corrected chi connectivity index (χ2v) is 9.44. The second kappa shape index (κ2) is 9.09. The van der Waals surface area contributed by atoms with E-state index in [9.17, 15) is 23.1 Å². The maximum absolute atomic E-state index is 12.8. The largest absolute Gasteiger partial charge is 0.573 e. The van der Waals surface area contributed by atoms with Crippen molar-refractivity contribution in [3.05, 3.63) is 24.3 Å². The molecule has 1 aromatic rings. The SMILES string of the molecule is CC(CCN1CCC2(CC2)C(O)C1)N1CCN(c2cccc(OC(F)(F)F)c2)CCC1=O. The molecule has 1 aromatic carbocycles. The van der Waals surface area contributed by atoms with Crippen LogP contribution < -0.4 is 9.64 Å². The molecule has 2 saturated heterocycles. The van der Waals surface area contributed by atoms with Gasteiger partial charge in [-0.2, -0.15) is 0 Å². The molecule has 2 unspecified atom stereocenters. The minimum absolute atomic E-state index is 0.0660. The third-order valence-electron chi connectivity index (χ3n) is 7.29. The number of halogens is 3. The first-order valence-corrected chi connectivity index (χ1v) is 11.5. The summed E-state index contributed by atoms with van der Waals surface area (Å²) in [6.45, 7) is 6.14. The summed E-state index contributed by atoms with van der Waals surface area (Å²) in [6, 6.07) is 5.97. The van der Waals surface area contributed by atoms with Crippen molar-refractivity contribution < 1.29 is 27.8 Å². The van der Waals surface area contributed by atoms with E-state index in [1.165, 1.54) is 18.2 Å². The lowest BCUT2D eigenvalue weighted by molar-refractivity contribution is -0.274. The van der Waals surface area contributed by atoms with E-state index in [-0.39, 0.29) is 29.2 Å². The lowest BCUT2D eigenvalue weighted by Gasteiger charge is -2.37. The predicted molar refractivity (Wildman–Crippen MR) is 114 cm³/mol. The number of aliphatic hydroxyl groups excluding tert-OH is 1. The standard InChI is InChI=1S/C23H32F3N3O3/c1-17(5-10-27-12-9-22(7-8-22)20(30)16-27)29-14-13-28(11-6-21(29)31)18-3-2-4-19(15-18)32-23(24,25)26/h2-4,15,17,20,30H,5-14,16H2,1H3. The minimum atomic E-state index is -4.73. The zero-order valence-corrected chi connectivity index (χ0v) is 18.5. The zero-order chi connectivity index (χ0) is 22.9. The molecular weight excluding hydrogens is 423 g/mol. The lowest BCUT2D eigenvalue weighted by atomic mass is 9.90. The summed E-state index contributed by atoms with van der Waals surface area (Å²) in [6.07, 6.45) is -0.484.